The van der Waals surface area contributed by atoms with Gasteiger partial charge in [0.05, 0.1) is 16.6 Å². The molecule has 0 fully saturated rings. The van der Waals surface area contributed by atoms with Crippen molar-refractivity contribution < 1.29 is 9.18 Å². The van der Waals surface area contributed by atoms with Crippen LogP contribution in [0.2, 0.25) is 0 Å². The molecule has 2 aromatic heterocycles. The number of anilines is 1. The fourth-order valence-corrected chi connectivity index (χ4v) is 3.49. The monoisotopic (exact) mass is 345 g/mol. The van der Waals surface area contributed by atoms with Crippen LogP contribution in [-0.4, -0.2) is 15.5 Å². The third-order valence-corrected chi connectivity index (χ3v) is 5.09. The van der Waals surface area contributed by atoms with Crippen molar-refractivity contribution in [3.05, 3.63) is 56.7 Å². The summed E-state index contributed by atoms with van der Waals surface area (Å²) in [5.74, 6) is -0.755. The first-order chi connectivity index (χ1) is 11.4. The molecule has 0 atom stereocenters. The van der Waals surface area contributed by atoms with E-state index in [0.29, 0.717) is 38.5 Å². The summed E-state index contributed by atoms with van der Waals surface area (Å²) in [5, 5.41) is 3.13. The molecule has 3 rings (SSSR count). The minimum Gasteiger partial charge on any atom is -0.321 e. The van der Waals surface area contributed by atoms with Crippen LogP contribution in [0.25, 0.3) is 10.2 Å². The van der Waals surface area contributed by atoms with Crippen LogP contribution in [0.1, 0.15) is 27.7 Å². The number of nitrogens with one attached hydrogen (secondary N) is 1. The van der Waals surface area contributed by atoms with Crippen molar-refractivity contribution in [2.75, 3.05) is 5.32 Å². The quantitative estimate of drug-likeness (QED) is 0.790. The molecule has 5 nitrogen and oxygen atoms in total. The highest BCUT2D eigenvalue weighted by molar-refractivity contribution is 7.20. The molecule has 0 aliphatic rings. The van der Waals surface area contributed by atoms with Gasteiger partial charge in [0.25, 0.3) is 11.5 Å². The van der Waals surface area contributed by atoms with Crippen molar-refractivity contribution >= 4 is 33.1 Å². The van der Waals surface area contributed by atoms with Gasteiger partial charge in [-0.2, -0.15) is 0 Å². The second-order valence-corrected chi connectivity index (χ2v) is 6.49. The summed E-state index contributed by atoms with van der Waals surface area (Å²) in [7, 11) is 0. The van der Waals surface area contributed by atoms with Gasteiger partial charge in [0.1, 0.15) is 10.6 Å². The van der Waals surface area contributed by atoms with Crippen LogP contribution < -0.4 is 10.9 Å². The van der Waals surface area contributed by atoms with Gasteiger partial charge in [-0.3, -0.25) is 14.2 Å². The first-order valence-corrected chi connectivity index (χ1v) is 8.30. The number of benzene rings is 1. The SMILES string of the molecule is CCn1cnc2sc(C(=O)Nc3ccc(C)c(F)c3)c(C)c2c1=O. The van der Waals surface area contributed by atoms with Gasteiger partial charge in [-0.05, 0) is 44.0 Å². The average molecular weight is 345 g/mol. The van der Waals surface area contributed by atoms with Crippen molar-refractivity contribution in [1.82, 2.24) is 9.55 Å². The lowest BCUT2D eigenvalue weighted by molar-refractivity contribution is 0.103. The van der Waals surface area contributed by atoms with Crippen LogP contribution in [0.15, 0.2) is 29.3 Å². The summed E-state index contributed by atoms with van der Waals surface area (Å²) in [6.07, 6.45) is 1.48. The topological polar surface area (TPSA) is 64.0 Å². The minimum absolute atomic E-state index is 0.156. The first kappa shape index (κ1) is 16.3. The fourth-order valence-electron chi connectivity index (χ4n) is 2.46. The normalized spacial score (nSPS) is 11.0. The summed E-state index contributed by atoms with van der Waals surface area (Å²) < 4.78 is 15.1. The second-order valence-electron chi connectivity index (χ2n) is 5.49. The van der Waals surface area contributed by atoms with Gasteiger partial charge in [0.2, 0.25) is 0 Å². The Hall–Kier alpha value is -2.54. The number of aromatic nitrogens is 2. The zero-order valence-corrected chi connectivity index (χ0v) is 14.3. The predicted molar refractivity (Wildman–Crippen MR) is 93.4 cm³/mol. The van der Waals surface area contributed by atoms with E-state index in [9.17, 15) is 14.0 Å². The van der Waals surface area contributed by atoms with E-state index < -0.39 is 0 Å². The predicted octanol–water partition coefficient (Wildman–Crippen LogP) is 3.49. The molecule has 0 aliphatic heterocycles. The second kappa shape index (κ2) is 6.16. The molecule has 0 saturated carbocycles. The van der Waals surface area contributed by atoms with E-state index >= 15 is 0 Å². The summed E-state index contributed by atoms with van der Waals surface area (Å²) in [5.41, 5.74) is 1.33. The number of rotatable bonds is 3. The Bertz CT molecular complexity index is 1010. The van der Waals surface area contributed by atoms with E-state index in [1.165, 1.54) is 17.0 Å². The summed E-state index contributed by atoms with van der Waals surface area (Å²) in [6.45, 7) is 5.76. The number of fused-ring (bicyclic) bond motifs is 1. The number of thiophene rings is 1. The Balaban J connectivity index is 2.01. The lowest BCUT2D eigenvalue weighted by Crippen LogP contribution is -2.19. The molecule has 0 unspecified atom stereocenters. The van der Waals surface area contributed by atoms with Crippen LogP contribution in [-0.2, 0) is 6.54 Å². The van der Waals surface area contributed by atoms with Crippen LogP contribution in [0.5, 0.6) is 0 Å². The molecule has 0 saturated heterocycles. The van der Waals surface area contributed by atoms with Gasteiger partial charge < -0.3 is 5.32 Å². The van der Waals surface area contributed by atoms with E-state index in [1.807, 2.05) is 6.92 Å². The van der Waals surface area contributed by atoms with Crippen LogP contribution in [0.4, 0.5) is 10.1 Å². The molecular weight excluding hydrogens is 329 g/mol. The Morgan fingerprint density at radius 3 is 2.79 bits per heavy atom. The molecule has 3 aromatic rings. The number of amides is 1. The Kier molecular flexibility index (Phi) is 4.19. The van der Waals surface area contributed by atoms with Gasteiger partial charge in [0.15, 0.2) is 0 Å². The third kappa shape index (κ3) is 2.71. The minimum atomic E-state index is -0.381. The van der Waals surface area contributed by atoms with Gasteiger partial charge in [-0.1, -0.05) is 6.07 Å². The Labute approximate surface area is 141 Å². The van der Waals surface area contributed by atoms with Crippen molar-refractivity contribution in [2.45, 2.75) is 27.3 Å². The highest BCUT2D eigenvalue weighted by atomic mass is 32.1. The average Bonchev–Trinajstić information content (AvgIpc) is 2.89. The Morgan fingerprint density at radius 2 is 2.12 bits per heavy atom. The van der Waals surface area contributed by atoms with Gasteiger partial charge in [0, 0.05) is 12.2 Å². The van der Waals surface area contributed by atoms with Crippen molar-refractivity contribution in [3.8, 4) is 0 Å². The molecule has 0 spiro atoms. The van der Waals surface area contributed by atoms with Crippen molar-refractivity contribution in [3.63, 3.8) is 0 Å². The molecule has 1 N–H and O–H groups in total. The van der Waals surface area contributed by atoms with E-state index in [2.05, 4.69) is 10.3 Å². The zero-order chi connectivity index (χ0) is 17.4. The van der Waals surface area contributed by atoms with Crippen LogP contribution in [0, 0.1) is 19.7 Å². The maximum Gasteiger partial charge on any atom is 0.266 e. The number of hydrogen-bond donors (Lipinski definition) is 1. The van der Waals surface area contributed by atoms with E-state index in [4.69, 9.17) is 0 Å². The van der Waals surface area contributed by atoms with Crippen molar-refractivity contribution in [1.29, 1.82) is 0 Å². The maximum absolute atomic E-state index is 13.6. The Morgan fingerprint density at radius 1 is 1.38 bits per heavy atom. The van der Waals surface area contributed by atoms with Gasteiger partial charge >= 0.3 is 0 Å². The van der Waals surface area contributed by atoms with E-state index in [1.54, 1.807) is 26.0 Å². The number of carbonyl (C=O) groups is 1. The molecule has 1 aromatic carbocycles. The summed E-state index contributed by atoms with van der Waals surface area (Å²) in [6, 6.07) is 4.52. The van der Waals surface area contributed by atoms with Crippen LogP contribution in [0.3, 0.4) is 0 Å². The molecule has 0 bridgehead atoms. The lowest BCUT2D eigenvalue weighted by atomic mass is 10.2. The summed E-state index contributed by atoms with van der Waals surface area (Å²) >= 11 is 1.16. The largest absolute Gasteiger partial charge is 0.321 e. The van der Waals surface area contributed by atoms with Gasteiger partial charge in [-0.25, -0.2) is 9.37 Å². The lowest BCUT2D eigenvalue weighted by Gasteiger charge is -2.05. The highest BCUT2D eigenvalue weighted by Gasteiger charge is 2.19. The number of carbonyl (C=O) groups excluding carboxylic acids is 1. The molecule has 0 radical (unpaired) electrons. The smallest absolute Gasteiger partial charge is 0.266 e. The number of aryl methyl sites for hydroxylation is 3. The number of halogens is 1. The first-order valence-electron chi connectivity index (χ1n) is 7.48. The molecule has 24 heavy (non-hydrogen) atoms. The van der Waals surface area contributed by atoms with Gasteiger partial charge in [-0.15, -0.1) is 11.3 Å². The molecule has 124 valence electrons. The zero-order valence-electron chi connectivity index (χ0n) is 13.5. The van der Waals surface area contributed by atoms with E-state index in [-0.39, 0.29) is 17.3 Å². The number of hydrogen-bond acceptors (Lipinski definition) is 4. The molecule has 2 heterocycles. The number of nitrogens with zero attached hydrogens (tertiary/aromatic N) is 2. The van der Waals surface area contributed by atoms with E-state index in [0.717, 1.165) is 11.3 Å². The fraction of sp³-hybridized carbons (Fsp3) is 0.235. The molecular formula is C17H16FN3O2S. The van der Waals surface area contributed by atoms with Crippen LogP contribution >= 0.6 is 11.3 Å². The molecule has 1 amide bonds. The maximum atomic E-state index is 13.6. The third-order valence-electron chi connectivity index (χ3n) is 3.89. The summed E-state index contributed by atoms with van der Waals surface area (Å²) in [4.78, 5) is 30.1. The molecule has 7 heteroatoms. The molecule has 0 aliphatic carbocycles. The standard InChI is InChI=1S/C17H16FN3O2S/c1-4-21-8-19-16-13(17(21)23)10(3)14(24-16)15(22)20-11-6-5-9(2)12(18)7-11/h5-8H,4H2,1-3H3,(H,20,22). The van der Waals surface area contributed by atoms with Crippen molar-refractivity contribution in [2.24, 2.45) is 0 Å². The highest BCUT2D eigenvalue weighted by Crippen LogP contribution is 2.27.